The van der Waals surface area contributed by atoms with Crippen LogP contribution >= 0.6 is 11.6 Å². The van der Waals surface area contributed by atoms with Crippen LogP contribution in [0.3, 0.4) is 0 Å². The maximum absolute atomic E-state index is 6.24. The molecular formula is C13H16ClN5O. The van der Waals surface area contributed by atoms with E-state index in [4.69, 9.17) is 21.8 Å². The van der Waals surface area contributed by atoms with Crippen molar-refractivity contribution in [1.29, 1.82) is 0 Å². The van der Waals surface area contributed by atoms with Gasteiger partial charge in [0.1, 0.15) is 5.52 Å². The van der Waals surface area contributed by atoms with Crippen LogP contribution in [0.5, 0.6) is 0 Å². The van der Waals surface area contributed by atoms with E-state index in [1.807, 2.05) is 7.05 Å². The van der Waals surface area contributed by atoms with Gasteiger partial charge in [-0.05, 0) is 37.4 Å². The summed E-state index contributed by atoms with van der Waals surface area (Å²) in [4.78, 5) is 10.8. The van der Waals surface area contributed by atoms with E-state index in [-0.39, 0.29) is 5.95 Å². The highest BCUT2D eigenvalue weighted by atomic mass is 35.5. The summed E-state index contributed by atoms with van der Waals surface area (Å²) in [6, 6.07) is 0.481. The van der Waals surface area contributed by atoms with Crippen LogP contribution in [-0.4, -0.2) is 36.1 Å². The Morgan fingerprint density at radius 2 is 2.10 bits per heavy atom. The topological polar surface area (TPSA) is 80.2 Å². The monoisotopic (exact) mass is 293 g/mol. The Hall–Kier alpha value is -1.53. The molecule has 2 aliphatic rings. The molecular weight excluding hydrogens is 278 g/mol. The quantitative estimate of drug-likeness (QED) is 0.897. The zero-order valence-corrected chi connectivity index (χ0v) is 11.9. The molecule has 1 saturated carbocycles. The van der Waals surface area contributed by atoms with Crippen LogP contribution < -0.4 is 16.0 Å². The minimum absolute atomic E-state index is 0.278. The lowest BCUT2D eigenvalue weighted by molar-refractivity contribution is 0.446. The highest BCUT2D eigenvalue weighted by molar-refractivity contribution is 6.31. The van der Waals surface area contributed by atoms with Crippen LogP contribution in [-0.2, 0) is 0 Å². The van der Waals surface area contributed by atoms with E-state index in [2.05, 4.69) is 20.2 Å². The predicted molar refractivity (Wildman–Crippen MR) is 78.3 cm³/mol. The summed E-state index contributed by atoms with van der Waals surface area (Å²) in [6.07, 6.45) is 2.28. The number of nitrogens with one attached hydrogen (secondary N) is 1. The van der Waals surface area contributed by atoms with Crippen LogP contribution in [0, 0.1) is 0 Å². The number of likely N-dealkylation sites (N-methyl/N-ethyl adjacent to an activating group) is 1. The smallest absolute Gasteiger partial charge is 0.222 e. The van der Waals surface area contributed by atoms with Gasteiger partial charge in [-0.15, -0.1) is 0 Å². The molecule has 2 aromatic heterocycles. The van der Waals surface area contributed by atoms with Crippen molar-refractivity contribution in [2.45, 2.75) is 24.8 Å². The Kier molecular flexibility index (Phi) is 2.59. The number of nitrogen functional groups attached to an aromatic ring is 1. The van der Waals surface area contributed by atoms with E-state index in [0.29, 0.717) is 22.8 Å². The third-order valence-corrected chi connectivity index (χ3v) is 4.38. The maximum Gasteiger partial charge on any atom is 0.222 e. The average Bonchev–Trinajstić information content (AvgIpc) is 3.12. The lowest BCUT2D eigenvalue weighted by Gasteiger charge is -2.39. The molecule has 3 N–H and O–H groups in total. The van der Waals surface area contributed by atoms with Crippen molar-refractivity contribution in [3.63, 3.8) is 0 Å². The van der Waals surface area contributed by atoms with Gasteiger partial charge in [-0.1, -0.05) is 0 Å². The molecule has 0 atom stereocenters. The molecule has 1 aliphatic heterocycles. The standard InChI is InChI=1S/C13H16ClN5O/c1-16-7-4-19(5-7)12-10-9(17-13(15)18-12)8(6-2-3-6)11(14)20-10/h6-7,16H,2-5H2,1H3,(H2,15,17,18). The Labute approximate surface area is 121 Å². The minimum atomic E-state index is 0.278. The molecule has 4 rings (SSSR count). The fourth-order valence-corrected chi connectivity index (χ4v) is 3.06. The molecule has 6 nitrogen and oxygen atoms in total. The zero-order valence-electron chi connectivity index (χ0n) is 11.2. The molecule has 2 aromatic rings. The zero-order chi connectivity index (χ0) is 13.9. The van der Waals surface area contributed by atoms with Crippen molar-refractivity contribution in [1.82, 2.24) is 15.3 Å². The molecule has 1 saturated heterocycles. The van der Waals surface area contributed by atoms with Crippen LogP contribution in [0.2, 0.25) is 5.22 Å². The van der Waals surface area contributed by atoms with Gasteiger partial charge in [0, 0.05) is 24.7 Å². The number of nitrogens with zero attached hydrogens (tertiary/aromatic N) is 3. The molecule has 3 heterocycles. The van der Waals surface area contributed by atoms with Crippen molar-refractivity contribution < 1.29 is 4.42 Å². The van der Waals surface area contributed by atoms with E-state index in [1.54, 1.807) is 0 Å². The summed E-state index contributed by atoms with van der Waals surface area (Å²) in [5.41, 5.74) is 8.31. The van der Waals surface area contributed by atoms with Crippen LogP contribution in [0.15, 0.2) is 4.42 Å². The molecule has 106 valence electrons. The first-order chi connectivity index (χ1) is 9.67. The summed E-state index contributed by atoms with van der Waals surface area (Å²) < 4.78 is 5.74. The predicted octanol–water partition coefficient (Wildman–Crippen LogP) is 1.74. The van der Waals surface area contributed by atoms with Crippen molar-refractivity contribution in [2.24, 2.45) is 0 Å². The highest BCUT2D eigenvalue weighted by Gasteiger charge is 2.35. The molecule has 20 heavy (non-hydrogen) atoms. The number of anilines is 2. The van der Waals surface area contributed by atoms with E-state index < -0.39 is 0 Å². The summed E-state index contributed by atoms with van der Waals surface area (Å²) in [7, 11) is 1.96. The highest BCUT2D eigenvalue weighted by Crippen LogP contribution is 2.48. The fraction of sp³-hybridized carbons (Fsp3) is 0.538. The fourth-order valence-electron chi connectivity index (χ4n) is 2.74. The molecule has 0 spiro atoms. The number of halogens is 1. The number of furan rings is 1. The lowest BCUT2D eigenvalue weighted by atomic mass is 10.1. The molecule has 0 unspecified atom stereocenters. The van der Waals surface area contributed by atoms with Gasteiger partial charge in [-0.3, -0.25) is 0 Å². The third-order valence-electron chi connectivity index (χ3n) is 4.10. The second-order valence-corrected chi connectivity index (χ2v) is 5.88. The summed E-state index contributed by atoms with van der Waals surface area (Å²) in [6.45, 7) is 1.78. The third kappa shape index (κ3) is 1.75. The van der Waals surface area contributed by atoms with Gasteiger partial charge < -0.3 is 20.4 Å². The van der Waals surface area contributed by atoms with Crippen molar-refractivity contribution in [3.8, 4) is 0 Å². The Morgan fingerprint density at radius 1 is 1.35 bits per heavy atom. The van der Waals surface area contributed by atoms with Gasteiger partial charge in [0.15, 0.2) is 16.6 Å². The normalized spacial score (nSPS) is 19.6. The minimum Gasteiger partial charge on any atom is -0.439 e. The summed E-state index contributed by atoms with van der Waals surface area (Å²) in [5, 5.41) is 3.67. The van der Waals surface area contributed by atoms with Gasteiger partial charge in [0.2, 0.25) is 5.95 Å². The van der Waals surface area contributed by atoms with Gasteiger partial charge >= 0.3 is 0 Å². The van der Waals surface area contributed by atoms with Gasteiger partial charge in [0.25, 0.3) is 0 Å². The van der Waals surface area contributed by atoms with Crippen LogP contribution in [0.25, 0.3) is 11.1 Å². The molecule has 0 aromatic carbocycles. The SMILES string of the molecule is CNC1CN(c2nc(N)nc3c(C4CC4)c(Cl)oc23)C1. The summed E-state index contributed by atoms with van der Waals surface area (Å²) >= 11 is 6.24. The second kappa shape index (κ2) is 4.23. The molecule has 1 aliphatic carbocycles. The van der Waals surface area contributed by atoms with Gasteiger partial charge in [0.05, 0.1) is 0 Å². The number of nitrogens with two attached hydrogens (primary N) is 1. The molecule has 7 heteroatoms. The van der Waals surface area contributed by atoms with Crippen LogP contribution in [0.4, 0.5) is 11.8 Å². The number of hydrogen-bond donors (Lipinski definition) is 2. The number of aromatic nitrogens is 2. The van der Waals surface area contributed by atoms with Gasteiger partial charge in [-0.25, -0.2) is 4.98 Å². The lowest BCUT2D eigenvalue weighted by Crippen LogP contribution is -2.57. The first-order valence-corrected chi connectivity index (χ1v) is 7.22. The number of fused-ring (bicyclic) bond motifs is 1. The van der Waals surface area contributed by atoms with Crippen molar-refractivity contribution in [3.05, 3.63) is 10.8 Å². The van der Waals surface area contributed by atoms with E-state index in [0.717, 1.165) is 42.8 Å². The molecule has 0 bridgehead atoms. The van der Waals surface area contributed by atoms with Crippen LogP contribution in [0.1, 0.15) is 24.3 Å². The molecule has 0 amide bonds. The largest absolute Gasteiger partial charge is 0.439 e. The van der Waals surface area contributed by atoms with Gasteiger partial charge in [-0.2, -0.15) is 4.98 Å². The van der Waals surface area contributed by atoms with E-state index in [9.17, 15) is 0 Å². The average molecular weight is 294 g/mol. The Morgan fingerprint density at radius 3 is 2.75 bits per heavy atom. The van der Waals surface area contributed by atoms with E-state index in [1.165, 1.54) is 0 Å². The Balaban J connectivity index is 1.82. The molecule has 0 radical (unpaired) electrons. The van der Waals surface area contributed by atoms with Crippen molar-refractivity contribution >= 4 is 34.5 Å². The molecule has 2 fully saturated rings. The second-order valence-electron chi connectivity index (χ2n) is 5.54. The first-order valence-electron chi connectivity index (χ1n) is 6.85. The summed E-state index contributed by atoms with van der Waals surface area (Å²) in [5.74, 6) is 1.50. The number of hydrogen-bond acceptors (Lipinski definition) is 6. The van der Waals surface area contributed by atoms with Crippen molar-refractivity contribution in [2.75, 3.05) is 30.8 Å². The maximum atomic E-state index is 6.24. The Bertz CT molecular complexity index is 675. The number of rotatable bonds is 3. The van der Waals surface area contributed by atoms with E-state index >= 15 is 0 Å². The first kappa shape index (κ1) is 12.2.